The second-order valence-corrected chi connectivity index (χ2v) is 11.2. The van der Waals surface area contributed by atoms with Crippen LogP contribution in [-0.4, -0.2) is 23.6 Å². The number of carbonyl (C=O) groups is 2. The van der Waals surface area contributed by atoms with Gasteiger partial charge in [-0.05, 0) is 84.6 Å². The number of alkyl halides is 3. The van der Waals surface area contributed by atoms with Crippen molar-refractivity contribution in [1.82, 2.24) is 9.88 Å². The van der Waals surface area contributed by atoms with Gasteiger partial charge in [-0.15, -0.1) is 0 Å². The maximum absolute atomic E-state index is 14.0. The maximum Gasteiger partial charge on any atom is 0.417 e. The Kier molecular flexibility index (Phi) is 9.99. The van der Waals surface area contributed by atoms with Crippen molar-refractivity contribution in [1.29, 1.82) is 5.26 Å². The summed E-state index contributed by atoms with van der Waals surface area (Å²) in [5.41, 5.74) is 0.191. The van der Waals surface area contributed by atoms with Crippen molar-refractivity contribution in [2.45, 2.75) is 32.6 Å². The summed E-state index contributed by atoms with van der Waals surface area (Å²) in [7, 11) is 1.23. The molecule has 49 heavy (non-hydrogen) atoms. The average Bonchev–Trinajstić information content (AvgIpc) is 3.09. The summed E-state index contributed by atoms with van der Waals surface area (Å²) in [4.78, 5) is 38.9. The van der Waals surface area contributed by atoms with E-state index in [0.717, 1.165) is 17.2 Å². The number of amides is 1. The smallest absolute Gasteiger partial charge is 0.417 e. The van der Waals surface area contributed by atoms with E-state index in [1.54, 1.807) is 54.6 Å². The van der Waals surface area contributed by atoms with Crippen molar-refractivity contribution in [2.24, 2.45) is 0 Å². The molecule has 0 saturated heterocycles. The van der Waals surface area contributed by atoms with E-state index >= 15 is 0 Å². The third kappa shape index (κ3) is 7.71. The lowest BCUT2D eigenvalue weighted by Gasteiger charge is -2.19. The molecule has 1 aromatic heterocycles. The van der Waals surface area contributed by atoms with E-state index in [1.165, 1.54) is 48.1 Å². The number of pyridine rings is 1. The van der Waals surface area contributed by atoms with Gasteiger partial charge in [-0.1, -0.05) is 60.2 Å². The van der Waals surface area contributed by atoms with Crippen molar-refractivity contribution in [2.75, 3.05) is 7.11 Å². The minimum absolute atomic E-state index is 0.0277. The molecule has 0 fully saturated rings. The van der Waals surface area contributed by atoms with Crippen LogP contribution in [-0.2, 0) is 22.3 Å². The topological polar surface area (TPSA) is 110 Å². The van der Waals surface area contributed by atoms with Crippen LogP contribution < -0.4 is 15.6 Å². The number of aromatic nitrogens is 1. The van der Waals surface area contributed by atoms with Crippen LogP contribution in [0.1, 0.15) is 49.8 Å². The van der Waals surface area contributed by atoms with Gasteiger partial charge in [-0.2, -0.15) is 18.4 Å². The van der Waals surface area contributed by atoms with Crippen molar-refractivity contribution >= 4 is 11.9 Å². The van der Waals surface area contributed by atoms with Gasteiger partial charge in [-0.25, -0.2) is 4.79 Å². The SMILES string of the molecule is COC(=O)[C@@H](NC(=O)c1cccc(Oc2ccc(-c3cc(C(F)(F)F)c(C#N)c(=O)n3Cc3ccc(C)cc3C)cc2)c1)c1ccccc1. The molecule has 0 unspecified atom stereocenters. The molecule has 1 N–H and O–H groups in total. The molecule has 0 spiro atoms. The van der Waals surface area contributed by atoms with Crippen LogP contribution >= 0.6 is 0 Å². The van der Waals surface area contributed by atoms with Crippen LogP contribution in [0.3, 0.4) is 0 Å². The van der Waals surface area contributed by atoms with Crippen molar-refractivity contribution in [3.8, 4) is 28.8 Å². The second kappa shape index (κ2) is 14.3. The number of nitriles is 1. The van der Waals surface area contributed by atoms with Gasteiger partial charge < -0.3 is 19.4 Å². The molecular formula is C38H30F3N3O5. The third-order valence-corrected chi connectivity index (χ3v) is 7.87. The summed E-state index contributed by atoms with van der Waals surface area (Å²) in [5.74, 6) is -0.621. The van der Waals surface area contributed by atoms with Crippen LogP contribution in [0.4, 0.5) is 13.2 Å². The van der Waals surface area contributed by atoms with E-state index < -0.39 is 40.8 Å². The van der Waals surface area contributed by atoms with Crippen LogP contribution in [0.25, 0.3) is 11.3 Å². The molecule has 0 bridgehead atoms. The Labute approximate surface area is 280 Å². The summed E-state index contributed by atoms with van der Waals surface area (Å²) in [6.07, 6.45) is -4.93. The zero-order chi connectivity index (χ0) is 35.3. The minimum atomic E-state index is -4.93. The highest BCUT2D eigenvalue weighted by molar-refractivity contribution is 5.97. The second-order valence-electron chi connectivity index (χ2n) is 11.2. The predicted molar refractivity (Wildman–Crippen MR) is 176 cm³/mol. The number of aryl methyl sites for hydroxylation is 2. The molecule has 1 amide bonds. The summed E-state index contributed by atoms with van der Waals surface area (Å²) in [6, 6.07) is 27.7. The molecule has 8 nitrogen and oxygen atoms in total. The summed E-state index contributed by atoms with van der Waals surface area (Å²) in [5, 5.41) is 12.2. The molecule has 5 rings (SSSR count). The number of esters is 1. The molecule has 0 aliphatic carbocycles. The number of carbonyl (C=O) groups excluding carboxylic acids is 2. The lowest BCUT2D eigenvalue weighted by molar-refractivity contribution is -0.143. The standard InChI is InChI=1S/C38H30F3N3O5/c1-23-12-13-28(24(2)18-23)22-44-33(20-32(38(39,40)41)31(21-42)36(44)46)25-14-16-29(17-15-25)49-30-11-7-10-27(19-30)35(45)43-34(37(47)48-3)26-8-5-4-6-9-26/h4-20,34H,22H2,1-3H3,(H,43,45)/t34-/m0/s1. The van der Waals surface area contributed by atoms with Gasteiger partial charge in [-0.3, -0.25) is 9.59 Å². The molecule has 0 saturated carbocycles. The molecule has 1 atom stereocenters. The van der Waals surface area contributed by atoms with E-state index in [9.17, 15) is 32.8 Å². The van der Waals surface area contributed by atoms with Gasteiger partial charge >= 0.3 is 12.1 Å². The molecule has 0 aliphatic heterocycles. The molecule has 248 valence electrons. The molecule has 1 heterocycles. The van der Waals surface area contributed by atoms with Crippen LogP contribution in [0.15, 0.2) is 108 Å². The molecule has 11 heteroatoms. The maximum atomic E-state index is 14.0. The summed E-state index contributed by atoms with van der Waals surface area (Å²) >= 11 is 0. The number of nitrogens with one attached hydrogen (secondary N) is 1. The van der Waals surface area contributed by atoms with E-state index in [1.807, 2.05) is 26.0 Å². The first-order valence-electron chi connectivity index (χ1n) is 15.0. The normalized spacial score (nSPS) is 11.7. The fraction of sp³-hybridized carbons (Fsp3) is 0.158. The van der Waals surface area contributed by atoms with Crippen LogP contribution in [0.5, 0.6) is 11.5 Å². The fourth-order valence-corrected chi connectivity index (χ4v) is 5.35. The molecule has 0 aliphatic rings. The van der Waals surface area contributed by atoms with Gasteiger partial charge in [0.15, 0.2) is 6.04 Å². The third-order valence-electron chi connectivity index (χ3n) is 7.87. The van der Waals surface area contributed by atoms with E-state index in [0.29, 0.717) is 16.9 Å². The Morgan fingerprint density at radius 2 is 1.61 bits per heavy atom. The first kappa shape index (κ1) is 34.2. The van der Waals surface area contributed by atoms with Crippen molar-refractivity contribution < 1.29 is 32.2 Å². The summed E-state index contributed by atoms with van der Waals surface area (Å²) in [6.45, 7) is 3.69. The first-order valence-corrected chi connectivity index (χ1v) is 15.0. The zero-order valence-electron chi connectivity index (χ0n) is 26.7. The van der Waals surface area contributed by atoms with E-state index in [4.69, 9.17) is 9.47 Å². The number of benzene rings is 4. The lowest BCUT2D eigenvalue weighted by Crippen LogP contribution is -2.34. The quantitative estimate of drug-likeness (QED) is 0.163. The number of methoxy groups -OCH3 is 1. The average molecular weight is 666 g/mol. The molecule has 5 aromatic rings. The number of hydrogen-bond donors (Lipinski definition) is 1. The highest BCUT2D eigenvalue weighted by Crippen LogP contribution is 2.35. The van der Waals surface area contributed by atoms with Gasteiger partial charge in [0.25, 0.3) is 11.5 Å². The van der Waals surface area contributed by atoms with Gasteiger partial charge in [0.1, 0.15) is 23.1 Å². The number of hydrogen-bond acceptors (Lipinski definition) is 6. The van der Waals surface area contributed by atoms with Crippen molar-refractivity contribution in [3.63, 3.8) is 0 Å². The Bertz CT molecular complexity index is 2120. The van der Waals surface area contributed by atoms with E-state index in [-0.39, 0.29) is 29.1 Å². The lowest BCUT2D eigenvalue weighted by atomic mass is 10.0. The number of nitrogens with zero attached hydrogens (tertiary/aromatic N) is 2. The van der Waals surface area contributed by atoms with Gasteiger partial charge in [0.05, 0.1) is 24.9 Å². The largest absolute Gasteiger partial charge is 0.467 e. The van der Waals surface area contributed by atoms with E-state index in [2.05, 4.69) is 5.32 Å². The number of halogens is 3. The Balaban J connectivity index is 1.44. The highest BCUT2D eigenvalue weighted by atomic mass is 19.4. The minimum Gasteiger partial charge on any atom is -0.467 e. The predicted octanol–water partition coefficient (Wildman–Crippen LogP) is 7.51. The Morgan fingerprint density at radius 1 is 0.898 bits per heavy atom. The van der Waals surface area contributed by atoms with Crippen LogP contribution in [0, 0.1) is 25.2 Å². The van der Waals surface area contributed by atoms with Gasteiger partial charge in [0.2, 0.25) is 0 Å². The zero-order valence-corrected chi connectivity index (χ0v) is 26.7. The van der Waals surface area contributed by atoms with Crippen molar-refractivity contribution in [3.05, 3.63) is 152 Å². The molecule has 0 radical (unpaired) electrons. The van der Waals surface area contributed by atoms with Crippen LogP contribution in [0.2, 0.25) is 0 Å². The monoisotopic (exact) mass is 665 g/mol. The Hall–Kier alpha value is -6.15. The Morgan fingerprint density at radius 3 is 2.24 bits per heavy atom. The molecule has 4 aromatic carbocycles. The number of rotatable bonds is 9. The number of ether oxygens (including phenoxy) is 2. The fourth-order valence-electron chi connectivity index (χ4n) is 5.35. The summed E-state index contributed by atoms with van der Waals surface area (Å²) < 4.78 is 54.0. The van der Waals surface area contributed by atoms with Gasteiger partial charge in [0, 0.05) is 5.56 Å². The molecular weight excluding hydrogens is 635 g/mol. The highest BCUT2D eigenvalue weighted by Gasteiger charge is 2.36. The first-order chi connectivity index (χ1) is 23.4.